The predicted molar refractivity (Wildman–Crippen MR) is 65.1 cm³/mol. The second kappa shape index (κ2) is 4.59. The zero-order valence-electron chi connectivity index (χ0n) is 7.99. The van der Waals surface area contributed by atoms with E-state index in [2.05, 4.69) is 51.8 Å². The van der Waals surface area contributed by atoms with Crippen molar-refractivity contribution in [1.82, 2.24) is 4.90 Å². The lowest BCUT2D eigenvalue weighted by molar-refractivity contribution is 0.175. The number of hydrogen-bond donors (Lipinski definition) is 1. The highest BCUT2D eigenvalue weighted by atomic mass is 127. The summed E-state index contributed by atoms with van der Waals surface area (Å²) in [5.41, 5.74) is 1.33. The van der Waals surface area contributed by atoms with Crippen molar-refractivity contribution < 1.29 is 5.11 Å². The summed E-state index contributed by atoms with van der Waals surface area (Å²) in [4.78, 5) is 2.30. The number of likely N-dealkylation sites (tertiary alicyclic amines) is 1. The smallest absolute Gasteiger partial charge is 0.0679 e. The fraction of sp³-hybridized carbons (Fsp3) is 0.455. The number of halogens is 1. The van der Waals surface area contributed by atoms with E-state index in [1.165, 1.54) is 9.13 Å². The van der Waals surface area contributed by atoms with E-state index in [-0.39, 0.29) is 6.10 Å². The van der Waals surface area contributed by atoms with Gasteiger partial charge in [0, 0.05) is 23.2 Å². The lowest BCUT2D eigenvalue weighted by Crippen LogP contribution is -2.21. The second-order valence-corrected chi connectivity index (χ2v) is 5.05. The average Bonchev–Trinajstić information content (AvgIpc) is 2.56. The molecule has 1 atom stereocenters. The summed E-state index contributed by atoms with van der Waals surface area (Å²) in [7, 11) is 0. The fourth-order valence-electron chi connectivity index (χ4n) is 1.80. The number of β-amino-alcohol motifs (C(OH)–C–C–N with tert-alkyl or cyclic N) is 1. The number of nitrogens with zero attached hydrogens (tertiary/aromatic N) is 1. The van der Waals surface area contributed by atoms with Crippen LogP contribution in [0, 0.1) is 3.57 Å². The Morgan fingerprint density at radius 1 is 1.36 bits per heavy atom. The molecule has 1 aliphatic rings. The van der Waals surface area contributed by atoms with Crippen LogP contribution in [0.1, 0.15) is 12.0 Å². The number of aliphatic hydroxyl groups is 1. The summed E-state index contributed by atoms with van der Waals surface area (Å²) in [6.07, 6.45) is 0.809. The molecule has 1 aromatic rings. The van der Waals surface area contributed by atoms with E-state index in [4.69, 9.17) is 0 Å². The molecule has 14 heavy (non-hydrogen) atoms. The maximum Gasteiger partial charge on any atom is 0.0679 e. The number of rotatable bonds is 2. The molecule has 1 heterocycles. The van der Waals surface area contributed by atoms with Crippen LogP contribution in [-0.4, -0.2) is 29.2 Å². The third-order valence-electron chi connectivity index (χ3n) is 2.57. The van der Waals surface area contributed by atoms with Gasteiger partial charge in [-0.05, 0) is 46.7 Å². The Hall–Kier alpha value is -0.130. The first kappa shape index (κ1) is 10.4. The molecular formula is C11H14INO. The highest BCUT2D eigenvalue weighted by Crippen LogP contribution is 2.14. The van der Waals surface area contributed by atoms with Gasteiger partial charge >= 0.3 is 0 Å². The van der Waals surface area contributed by atoms with Gasteiger partial charge < -0.3 is 5.11 Å². The molecule has 76 valence electrons. The van der Waals surface area contributed by atoms with E-state index < -0.39 is 0 Å². The van der Waals surface area contributed by atoms with E-state index in [1.54, 1.807) is 0 Å². The summed E-state index contributed by atoms with van der Waals surface area (Å²) in [5, 5.41) is 9.38. The van der Waals surface area contributed by atoms with Crippen molar-refractivity contribution in [3.8, 4) is 0 Å². The first-order valence-electron chi connectivity index (χ1n) is 4.89. The molecule has 0 bridgehead atoms. The quantitative estimate of drug-likeness (QED) is 0.843. The maximum atomic E-state index is 9.38. The van der Waals surface area contributed by atoms with E-state index in [0.29, 0.717) is 0 Å². The van der Waals surface area contributed by atoms with Gasteiger partial charge in [0.15, 0.2) is 0 Å². The lowest BCUT2D eigenvalue weighted by Gasteiger charge is -2.14. The summed E-state index contributed by atoms with van der Waals surface area (Å²) in [5.74, 6) is 0. The zero-order valence-corrected chi connectivity index (χ0v) is 10.1. The van der Waals surface area contributed by atoms with Crippen molar-refractivity contribution in [2.24, 2.45) is 0 Å². The topological polar surface area (TPSA) is 23.5 Å². The SMILES string of the molecule is O[C@@H]1CCN(Cc2ccc(I)cc2)C1. The van der Waals surface area contributed by atoms with Crippen LogP contribution in [0.3, 0.4) is 0 Å². The van der Waals surface area contributed by atoms with Crippen LogP contribution in [-0.2, 0) is 6.54 Å². The molecule has 0 spiro atoms. The van der Waals surface area contributed by atoms with E-state index >= 15 is 0 Å². The van der Waals surface area contributed by atoms with Gasteiger partial charge in [-0.25, -0.2) is 0 Å². The minimum absolute atomic E-state index is 0.112. The van der Waals surface area contributed by atoms with E-state index in [1.807, 2.05) is 0 Å². The van der Waals surface area contributed by atoms with Crippen LogP contribution in [0.2, 0.25) is 0 Å². The number of aliphatic hydroxyl groups excluding tert-OH is 1. The molecule has 2 nitrogen and oxygen atoms in total. The Morgan fingerprint density at radius 2 is 2.07 bits per heavy atom. The summed E-state index contributed by atoms with van der Waals surface area (Å²) in [6.45, 7) is 2.81. The van der Waals surface area contributed by atoms with Crippen LogP contribution in [0.5, 0.6) is 0 Å². The van der Waals surface area contributed by atoms with Crippen molar-refractivity contribution in [1.29, 1.82) is 0 Å². The summed E-state index contributed by atoms with van der Waals surface area (Å²) in [6, 6.07) is 8.57. The van der Waals surface area contributed by atoms with Crippen LogP contribution in [0.15, 0.2) is 24.3 Å². The highest BCUT2D eigenvalue weighted by Gasteiger charge is 2.19. The van der Waals surface area contributed by atoms with Gasteiger partial charge in [-0.2, -0.15) is 0 Å². The molecule has 0 aromatic heterocycles. The Labute approximate surface area is 98.1 Å². The molecule has 0 amide bonds. The molecule has 1 aromatic carbocycles. The lowest BCUT2D eigenvalue weighted by atomic mass is 10.2. The Morgan fingerprint density at radius 3 is 2.64 bits per heavy atom. The molecule has 0 radical (unpaired) electrons. The van der Waals surface area contributed by atoms with Crippen LogP contribution >= 0.6 is 22.6 Å². The molecule has 1 N–H and O–H groups in total. The van der Waals surface area contributed by atoms with E-state index in [9.17, 15) is 5.11 Å². The molecule has 0 saturated carbocycles. The second-order valence-electron chi connectivity index (χ2n) is 3.80. The van der Waals surface area contributed by atoms with E-state index in [0.717, 1.165) is 26.1 Å². The Bertz CT molecular complexity index is 299. The van der Waals surface area contributed by atoms with Crippen LogP contribution < -0.4 is 0 Å². The van der Waals surface area contributed by atoms with Crippen LogP contribution in [0.25, 0.3) is 0 Å². The molecule has 2 rings (SSSR count). The standard InChI is InChI=1S/C11H14INO/c12-10-3-1-9(2-4-10)7-13-6-5-11(14)8-13/h1-4,11,14H,5-8H2/t11-/m1/s1. The highest BCUT2D eigenvalue weighted by molar-refractivity contribution is 14.1. The van der Waals surface area contributed by atoms with Gasteiger partial charge in [-0.1, -0.05) is 12.1 Å². The number of benzene rings is 1. The summed E-state index contributed by atoms with van der Waals surface area (Å²) < 4.78 is 1.27. The first-order valence-corrected chi connectivity index (χ1v) is 5.97. The van der Waals surface area contributed by atoms with Crippen molar-refractivity contribution in [2.75, 3.05) is 13.1 Å². The van der Waals surface area contributed by atoms with Gasteiger partial charge in [0.1, 0.15) is 0 Å². The molecule has 1 aliphatic heterocycles. The third kappa shape index (κ3) is 2.68. The average molecular weight is 303 g/mol. The third-order valence-corrected chi connectivity index (χ3v) is 3.29. The summed E-state index contributed by atoms with van der Waals surface area (Å²) >= 11 is 2.31. The molecule has 0 unspecified atom stereocenters. The molecule has 1 fully saturated rings. The fourth-order valence-corrected chi connectivity index (χ4v) is 2.16. The zero-order chi connectivity index (χ0) is 9.97. The minimum Gasteiger partial charge on any atom is -0.392 e. The number of hydrogen-bond acceptors (Lipinski definition) is 2. The van der Waals surface area contributed by atoms with Gasteiger partial charge in [0.2, 0.25) is 0 Å². The maximum absolute atomic E-state index is 9.38. The van der Waals surface area contributed by atoms with Gasteiger partial charge in [0.25, 0.3) is 0 Å². The Balaban J connectivity index is 1.94. The first-order chi connectivity index (χ1) is 6.74. The van der Waals surface area contributed by atoms with Crippen molar-refractivity contribution in [3.63, 3.8) is 0 Å². The van der Waals surface area contributed by atoms with Crippen LogP contribution in [0.4, 0.5) is 0 Å². The van der Waals surface area contributed by atoms with Crippen molar-refractivity contribution in [3.05, 3.63) is 33.4 Å². The van der Waals surface area contributed by atoms with Crippen molar-refractivity contribution >= 4 is 22.6 Å². The minimum atomic E-state index is -0.112. The van der Waals surface area contributed by atoms with Crippen molar-refractivity contribution in [2.45, 2.75) is 19.1 Å². The Kier molecular flexibility index (Phi) is 3.41. The van der Waals surface area contributed by atoms with Gasteiger partial charge in [-0.15, -0.1) is 0 Å². The molecule has 0 aliphatic carbocycles. The normalized spacial score (nSPS) is 22.9. The van der Waals surface area contributed by atoms with Gasteiger partial charge in [0.05, 0.1) is 6.10 Å². The van der Waals surface area contributed by atoms with Gasteiger partial charge in [-0.3, -0.25) is 4.90 Å². The molecular weight excluding hydrogens is 289 g/mol. The predicted octanol–water partition coefficient (Wildman–Crippen LogP) is 1.86. The largest absolute Gasteiger partial charge is 0.392 e. The molecule has 3 heteroatoms. The molecule has 1 saturated heterocycles. The monoisotopic (exact) mass is 303 g/mol.